The molecule has 1 atom stereocenters. The van der Waals surface area contributed by atoms with E-state index < -0.39 is 5.54 Å². The van der Waals surface area contributed by atoms with Crippen LogP contribution in [0.15, 0.2) is 24.3 Å². The first-order valence-corrected chi connectivity index (χ1v) is 19.5. The second-order valence-electron chi connectivity index (χ2n) is 14.3. The summed E-state index contributed by atoms with van der Waals surface area (Å²) < 4.78 is 0. The summed E-state index contributed by atoms with van der Waals surface area (Å²) in [5.74, 6) is 0.0481. The van der Waals surface area contributed by atoms with Gasteiger partial charge in [0.25, 0.3) is 0 Å². The first kappa shape index (κ1) is 42.8. The fourth-order valence-corrected chi connectivity index (χ4v) is 6.06. The van der Waals surface area contributed by atoms with Gasteiger partial charge in [-0.25, -0.2) is 0 Å². The number of nitrogens with two attached hydrogens (primary N) is 1. The van der Waals surface area contributed by atoms with E-state index in [2.05, 4.69) is 38.2 Å². The van der Waals surface area contributed by atoms with Crippen LogP contribution in [0.2, 0.25) is 0 Å². The van der Waals surface area contributed by atoms with Crippen LogP contribution in [0.3, 0.4) is 0 Å². The van der Waals surface area contributed by atoms with Gasteiger partial charge in [0.2, 0.25) is 0 Å². The van der Waals surface area contributed by atoms with Crippen molar-refractivity contribution in [2.75, 3.05) is 0 Å². The van der Waals surface area contributed by atoms with Crippen LogP contribution in [0.4, 0.5) is 0 Å². The molecule has 0 amide bonds. The van der Waals surface area contributed by atoms with E-state index in [1.165, 1.54) is 141 Å². The third-order valence-corrected chi connectivity index (χ3v) is 9.12. The largest absolute Gasteiger partial charge is 0.325 e. The van der Waals surface area contributed by atoms with E-state index in [0.717, 1.165) is 25.7 Å². The van der Waals surface area contributed by atoms with Gasteiger partial charge in [0.15, 0.2) is 0 Å². The van der Waals surface area contributed by atoms with Gasteiger partial charge in [0.05, 0.1) is 0 Å². The van der Waals surface area contributed by atoms with Crippen molar-refractivity contribution < 1.29 is 9.59 Å². The molecule has 0 rings (SSSR count). The molecule has 0 aromatic carbocycles. The Bertz CT molecular complexity index is 702. The number of rotatable bonds is 34. The maximum atomic E-state index is 13.0. The highest BCUT2D eigenvalue weighted by molar-refractivity contribution is 5.88. The van der Waals surface area contributed by atoms with Gasteiger partial charge in [-0.3, -0.25) is 9.59 Å². The summed E-state index contributed by atoms with van der Waals surface area (Å²) in [7, 11) is 0. The number of carbonyl (C=O) groups excluding carboxylic acids is 2. The Morgan fingerprint density at radius 1 is 0.500 bits per heavy atom. The van der Waals surface area contributed by atoms with E-state index in [9.17, 15) is 9.59 Å². The minimum Gasteiger partial charge on any atom is -0.325 e. The molecule has 0 aliphatic carbocycles. The first-order valence-electron chi connectivity index (χ1n) is 19.5. The molecular weight excluding hydrogens is 538 g/mol. The van der Waals surface area contributed by atoms with Crippen molar-refractivity contribution in [2.24, 2.45) is 11.7 Å². The predicted molar refractivity (Wildman–Crippen MR) is 195 cm³/mol. The van der Waals surface area contributed by atoms with Crippen molar-refractivity contribution in [2.45, 2.75) is 219 Å². The van der Waals surface area contributed by atoms with E-state index in [4.69, 9.17) is 5.73 Å². The molecule has 0 aliphatic rings. The summed E-state index contributed by atoms with van der Waals surface area (Å²) in [5, 5.41) is 0. The zero-order valence-electron chi connectivity index (χ0n) is 30.3. The third kappa shape index (κ3) is 29.5. The Morgan fingerprint density at radius 2 is 0.818 bits per heavy atom. The third-order valence-electron chi connectivity index (χ3n) is 9.12. The maximum absolute atomic E-state index is 13.0. The molecule has 2 N–H and O–H groups in total. The van der Waals surface area contributed by atoms with Crippen molar-refractivity contribution in [3.63, 3.8) is 0 Å². The Balaban J connectivity index is 3.86. The van der Waals surface area contributed by atoms with Crippen molar-refractivity contribution in [1.82, 2.24) is 0 Å². The molecule has 3 nitrogen and oxygen atoms in total. The quantitative estimate of drug-likeness (QED) is 0.0578. The zero-order chi connectivity index (χ0) is 32.6. The Kier molecular flexibility index (Phi) is 30.9. The van der Waals surface area contributed by atoms with Crippen LogP contribution in [0.25, 0.3) is 0 Å². The SMILES string of the molecule is CCCCCCCC/C=C\CCCCCCCC(=O)CC(C(=O)CCCCCCC/C=C\CCCCCCCC)C(C)(C)N. The van der Waals surface area contributed by atoms with Gasteiger partial charge >= 0.3 is 0 Å². The van der Waals surface area contributed by atoms with Gasteiger partial charge in [-0.2, -0.15) is 0 Å². The average molecular weight is 616 g/mol. The lowest BCUT2D eigenvalue weighted by Crippen LogP contribution is -2.46. The number of Topliss-reactive ketones (excluding diaryl/α,β-unsaturated/α-hetero) is 2. The zero-order valence-corrected chi connectivity index (χ0v) is 30.3. The van der Waals surface area contributed by atoms with Gasteiger partial charge in [-0.1, -0.05) is 141 Å². The highest BCUT2D eigenvalue weighted by Crippen LogP contribution is 2.24. The molecule has 0 radical (unpaired) electrons. The highest BCUT2D eigenvalue weighted by atomic mass is 16.1. The number of hydrogen-bond donors (Lipinski definition) is 1. The van der Waals surface area contributed by atoms with Crippen molar-refractivity contribution in [1.29, 1.82) is 0 Å². The summed E-state index contributed by atoms with van der Waals surface area (Å²) in [6.07, 6.45) is 43.5. The first-order chi connectivity index (χ1) is 21.3. The lowest BCUT2D eigenvalue weighted by atomic mass is 9.79. The summed E-state index contributed by atoms with van der Waals surface area (Å²) in [6.45, 7) is 8.35. The second kappa shape index (κ2) is 31.7. The summed E-state index contributed by atoms with van der Waals surface area (Å²) in [5.41, 5.74) is 5.74. The van der Waals surface area contributed by atoms with Crippen LogP contribution < -0.4 is 5.73 Å². The fourth-order valence-electron chi connectivity index (χ4n) is 6.06. The number of hydrogen-bond acceptors (Lipinski definition) is 3. The molecule has 0 aromatic heterocycles. The van der Waals surface area contributed by atoms with Crippen molar-refractivity contribution >= 4 is 11.6 Å². The van der Waals surface area contributed by atoms with E-state index in [1.807, 2.05) is 13.8 Å². The van der Waals surface area contributed by atoms with Gasteiger partial charge in [0.1, 0.15) is 11.6 Å². The molecule has 44 heavy (non-hydrogen) atoms. The van der Waals surface area contributed by atoms with Gasteiger partial charge in [0, 0.05) is 30.7 Å². The lowest BCUT2D eigenvalue weighted by molar-refractivity contribution is -0.130. The standard InChI is InChI=1S/C41H77NO2/c1-5-7-9-11-13-15-17-19-21-23-25-27-29-31-33-35-38(43)37-39(41(3,4)42)40(44)36-34-32-30-28-26-24-22-20-18-16-14-12-10-8-6-2/h19-22,39H,5-18,23-37,42H2,1-4H3/b21-19-,22-20-. The van der Waals surface area contributed by atoms with Crippen LogP contribution in [-0.4, -0.2) is 17.1 Å². The minimum absolute atomic E-state index is 0.188. The number of allylic oxidation sites excluding steroid dienone is 4. The molecule has 3 heteroatoms. The monoisotopic (exact) mass is 616 g/mol. The highest BCUT2D eigenvalue weighted by Gasteiger charge is 2.32. The lowest BCUT2D eigenvalue weighted by Gasteiger charge is -2.29. The van der Waals surface area contributed by atoms with Crippen LogP contribution in [0.5, 0.6) is 0 Å². The molecule has 0 saturated heterocycles. The molecule has 0 spiro atoms. The molecule has 1 unspecified atom stereocenters. The fraction of sp³-hybridized carbons (Fsp3) is 0.854. The van der Waals surface area contributed by atoms with Crippen molar-refractivity contribution in [3.8, 4) is 0 Å². The second-order valence-corrected chi connectivity index (χ2v) is 14.3. The number of ketones is 2. The summed E-state index contributed by atoms with van der Waals surface area (Å²) in [6, 6.07) is 0. The Labute approximate surface area is 276 Å². The molecule has 0 saturated carbocycles. The smallest absolute Gasteiger partial charge is 0.138 e. The van der Waals surface area contributed by atoms with Crippen LogP contribution in [0, 0.1) is 5.92 Å². The average Bonchev–Trinajstić information content (AvgIpc) is 2.99. The van der Waals surface area contributed by atoms with E-state index in [-0.39, 0.29) is 17.5 Å². The topological polar surface area (TPSA) is 60.2 Å². The molecule has 0 aliphatic heterocycles. The van der Waals surface area contributed by atoms with Crippen LogP contribution in [-0.2, 0) is 9.59 Å². The van der Waals surface area contributed by atoms with E-state index >= 15 is 0 Å². The van der Waals surface area contributed by atoms with Crippen molar-refractivity contribution in [3.05, 3.63) is 24.3 Å². The molecular formula is C41H77NO2. The molecule has 0 heterocycles. The van der Waals surface area contributed by atoms with Crippen LogP contribution >= 0.6 is 0 Å². The molecule has 0 bridgehead atoms. The van der Waals surface area contributed by atoms with Gasteiger partial charge in [-0.05, 0) is 78.1 Å². The normalized spacial score (nSPS) is 12.9. The van der Waals surface area contributed by atoms with E-state index in [0.29, 0.717) is 19.3 Å². The predicted octanol–water partition coefficient (Wildman–Crippen LogP) is 12.9. The number of unbranched alkanes of at least 4 members (excludes halogenated alkanes) is 22. The summed E-state index contributed by atoms with van der Waals surface area (Å²) in [4.78, 5) is 25.8. The molecule has 0 aromatic rings. The van der Waals surface area contributed by atoms with Gasteiger partial charge < -0.3 is 5.73 Å². The summed E-state index contributed by atoms with van der Waals surface area (Å²) >= 11 is 0. The van der Waals surface area contributed by atoms with E-state index in [1.54, 1.807) is 0 Å². The van der Waals surface area contributed by atoms with Crippen LogP contribution in [0.1, 0.15) is 214 Å². The Hall–Kier alpha value is -1.22. The number of carbonyl (C=O) groups is 2. The van der Waals surface area contributed by atoms with Gasteiger partial charge in [-0.15, -0.1) is 0 Å². The molecule has 258 valence electrons. The molecule has 0 fully saturated rings. The minimum atomic E-state index is -0.642. The Morgan fingerprint density at radius 3 is 1.18 bits per heavy atom. The maximum Gasteiger partial charge on any atom is 0.138 e.